The highest BCUT2D eigenvalue weighted by molar-refractivity contribution is 5.85. The molecular weight excluding hydrogens is 342 g/mol. The lowest BCUT2D eigenvalue weighted by Gasteiger charge is -2.41. The van der Waals surface area contributed by atoms with Gasteiger partial charge in [0.1, 0.15) is 0 Å². The van der Waals surface area contributed by atoms with Gasteiger partial charge in [0, 0.05) is 38.5 Å². The Morgan fingerprint density at radius 2 is 2.15 bits per heavy atom. The number of ether oxygens (including phenoxy) is 1. The van der Waals surface area contributed by atoms with Gasteiger partial charge in [0.15, 0.2) is 0 Å². The van der Waals surface area contributed by atoms with E-state index in [0.717, 1.165) is 12.0 Å². The van der Waals surface area contributed by atoms with E-state index >= 15 is 0 Å². The van der Waals surface area contributed by atoms with Crippen LogP contribution in [0.3, 0.4) is 0 Å². The highest BCUT2D eigenvalue weighted by atomic mass is 16.5. The van der Waals surface area contributed by atoms with Crippen LogP contribution < -0.4 is 5.32 Å². The highest BCUT2D eigenvalue weighted by Crippen LogP contribution is 2.37. The average molecular weight is 376 g/mol. The first-order valence-electron chi connectivity index (χ1n) is 9.98. The van der Waals surface area contributed by atoms with E-state index < -0.39 is 0 Å². The Labute approximate surface area is 162 Å². The molecule has 1 N–H and O–H groups in total. The zero-order valence-corrected chi connectivity index (χ0v) is 17.0. The van der Waals surface area contributed by atoms with Crippen molar-refractivity contribution in [2.45, 2.75) is 59.1 Å². The molecule has 2 amide bonds. The fourth-order valence-electron chi connectivity index (χ4n) is 3.53. The monoisotopic (exact) mass is 375 g/mol. The molecule has 2 heterocycles. The van der Waals surface area contributed by atoms with Gasteiger partial charge in [-0.3, -0.25) is 14.6 Å². The Balaban J connectivity index is 2.09. The number of rotatable bonds is 9. The van der Waals surface area contributed by atoms with Gasteiger partial charge < -0.3 is 15.0 Å². The first kappa shape index (κ1) is 21.4. The van der Waals surface area contributed by atoms with Crippen LogP contribution in [-0.4, -0.2) is 47.5 Å². The Bertz CT molecular complexity index is 604. The molecule has 0 spiro atoms. The van der Waals surface area contributed by atoms with E-state index in [1.54, 1.807) is 12.4 Å². The number of carbonyl (C=O) groups is 2. The maximum Gasteiger partial charge on any atom is 0.225 e. The van der Waals surface area contributed by atoms with Crippen molar-refractivity contribution in [1.29, 1.82) is 0 Å². The van der Waals surface area contributed by atoms with Crippen LogP contribution in [0.25, 0.3) is 0 Å². The zero-order valence-electron chi connectivity index (χ0n) is 17.0. The lowest BCUT2D eigenvalue weighted by molar-refractivity contribution is -0.144. The molecule has 1 saturated heterocycles. The first-order valence-corrected chi connectivity index (χ1v) is 9.98. The lowest BCUT2D eigenvalue weighted by Crippen LogP contribution is -2.49. The van der Waals surface area contributed by atoms with Gasteiger partial charge in [-0.25, -0.2) is 0 Å². The van der Waals surface area contributed by atoms with Crippen LogP contribution in [0.5, 0.6) is 0 Å². The topological polar surface area (TPSA) is 71.5 Å². The summed E-state index contributed by atoms with van der Waals surface area (Å²) in [5.41, 5.74) is 0.925. The van der Waals surface area contributed by atoms with Crippen molar-refractivity contribution in [3.8, 4) is 0 Å². The minimum atomic E-state index is -0.255. The molecule has 6 heteroatoms. The summed E-state index contributed by atoms with van der Waals surface area (Å²) in [6, 6.07) is 3.56. The number of amides is 2. The number of piperidine rings is 1. The van der Waals surface area contributed by atoms with Gasteiger partial charge in [-0.05, 0) is 44.2 Å². The molecule has 27 heavy (non-hydrogen) atoms. The van der Waals surface area contributed by atoms with Gasteiger partial charge in [0.05, 0.1) is 18.1 Å². The summed E-state index contributed by atoms with van der Waals surface area (Å²) in [5.74, 6) is 0.210. The third-order valence-electron chi connectivity index (χ3n) is 4.70. The molecule has 6 nitrogen and oxygen atoms in total. The summed E-state index contributed by atoms with van der Waals surface area (Å²) in [4.78, 5) is 31.6. The third kappa shape index (κ3) is 6.31. The number of carbonyl (C=O) groups excluding carboxylic acids is 2. The Morgan fingerprint density at radius 1 is 1.37 bits per heavy atom. The highest BCUT2D eigenvalue weighted by Gasteiger charge is 2.40. The maximum atomic E-state index is 12.9. The van der Waals surface area contributed by atoms with Crippen LogP contribution in [0.4, 0.5) is 0 Å². The molecule has 150 valence electrons. The molecule has 0 saturated carbocycles. The van der Waals surface area contributed by atoms with Gasteiger partial charge in [-0.1, -0.05) is 19.9 Å². The van der Waals surface area contributed by atoms with E-state index in [1.165, 1.54) is 0 Å². The summed E-state index contributed by atoms with van der Waals surface area (Å²) < 4.78 is 5.52. The predicted octanol–water partition coefficient (Wildman–Crippen LogP) is 2.95. The normalized spacial score (nSPS) is 20.4. The van der Waals surface area contributed by atoms with Crippen LogP contribution in [-0.2, 0) is 14.3 Å². The van der Waals surface area contributed by atoms with Crippen LogP contribution in [0.1, 0.15) is 58.6 Å². The SMILES string of the molecule is CC(C)CN1C(=O)CC[C@@H](C(=O)NCCCOC(C)C)[C@@H]1c1cccnc1. The second kappa shape index (κ2) is 10.4. The quantitative estimate of drug-likeness (QED) is 0.674. The number of hydrogen-bond acceptors (Lipinski definition) is 4. The molecule has 1 aromatic heterocycles. The van der Waals surface area contributed by atoms with Crippen LogP contribution in [0.15, 0.2) is 24.5 Å². The van der Waals surface area contributed by atoms with Gasteiger partial charge in [0.25, 0.3) is 0 Å². The van der Waals surface area contributed by atoms with Crippen molar-refractivity contribution in [1.82, 2.24) is 15.2 Å². The second-order valence-corrected chi connectivity index (χ2v) is 7.88. The van der Waals surface area contributed by atoms with E-state index in [4.69, 9.17) is 4.74 Å². The van der Waals surface area contributed by atoms with Gasteiger partial charge >= 0.3 is 0 Å². The molecule has 1 aliphatic heterocycles. The lowest BCUT2D eigenvalue weighted by atomic mass is 9.83. The summed E-state index contributed by atoms with van der Waals surface area (Å²) in [5, 5.41) is 3.04. The van der Waals surface area contributed by atoms with Crippen LogP contribution in [0, 0.1) is 11.8 Å². The molecule has 1 aromatic rings. The molecule has 2 rings (SSSR count). The fraction of sp³-hybridized carbons (Fsp3) is 0.667. The third-order valence-corrected chi connectivity index (χ3v) is 4.70. The zero-order chi connectivity index (χ0) is 19.8. The Kier molecular flexibility index (Phi) is 8.23. The van der Waals surface area contributed by atoms with E-state index in [2.05, 4.69) is 24.1 Å². The molecule has 0 aromatic carbocycles. The van der Waals surface area contributed by atoms with Crippen LogP contribution in [0.2, 0.25) is 0 Å². The maximum absolute atomic E-state index is 12.9. The number of hydrogen-bond donors (Lipinski definition) is 1. The van der Waals surface area contributed by atoms with Crippen molar-refractivity contribution < 1.29 is 14.3 Å². The summed E-state index contributed by atoms with van der Waals surface area (Å²) >= 11 is 0. The first-order chi connectivity index (χ1) is 12.9. The fourth-order valence-corrected chi connectivity index (χ4v) is 3.53. The van der Waals surface area contributed by atoms with Crippen molar-refractivity contribution in [2.75, 3.05) is 19.7 Å². The summed E-state index contributed by atoms with van der Waals surface area (Å²) in [6.07, 6.45) is 5.45. The number of likely N-dealkylation sites (tertiary alicyclic amines) is 1. The Hall–Kier alpha value is -1.95. The van der Waals surface area contributed by atoms with Crippen molar-refractivity contribution in [2.24, 2.45) is 11.8 Å². The number of nitrogens with zero attached hydrogens (tertiary/aromatic N) is 2. The molecule has 0 unspecified atom stereocenters. The number of pyridine rings is 1. The molecule has 1 fully saturated rings. The van der Waals surface area contributed by atoms with Crippen molar-refractivity contribution in [3.63, 3.8) is 0 Å². The predicted molar refractivity (Wildman–Crippen MR) is 105 cm³/mol. The summed E-state index contributed by atoms with van der Waals surface area (Å²) in [7, 11) is 0. The second-order valence-electron chi connectivity index (χ2n) is 7.88. The molecule has 0 radical (unpaired) electrons. The standard InChI is InChI=1S/C21H33N3O3/c1-15(2)14-24-19(25)9-8-18(20(24)17-7-5-10-22-13-17)21(26)23-11-6-12-27-16(3)4/h5,7,10,13,15-16,18,20H,6,8-9,11-12,14H2,1-4H3,(H,23,26)/t18-,20+/m1/s1. The van der Waals surface area contributed by atoms with E-state index in [-0.39, 0.29) is 29.9 Å². The van der Waals surface area contributed by atoms with Crippen molar-refractivity contribution in [3.05, 3.63) is 30.1 Å². The molecule has 1 aliphatic rings. The van der Waals surface area contributed by atoms with Gasteiger partial charge in [-0.2, -0.15) is 0 Å². The smallest absolute Gasteiger partial charge is 0.225 e. The van der Waals surface area contributed by atoms with Gasteiger partial charge in [0.2, 0.25) is 11.8 Å². The van der Waals surface area contributed by atoms with E-state index in [0.29, 0.717) is 38.5 Å². The number of nitrogens with one attached hydrogen (secondary N) is 1. The minimum Gasteiger partial charge on any atom is -0.379 e. The molecular formula is C21H33N3O3. The average Bonchev–Trinajstić information content (AvgIpc) is 2.63. The molecule has 0 aliphatic carbocycles. The van der Waals surface area contributed by atoms with Crippen LogP contribution >= 0.6 is 0 Å². The largest absolute Gasteiger partial charge is 0.379 e. The van der Waals surface area contributed by atoms with Gasteiger partial charge in [-0.15, -0.1) is 0 Å². The van der Waals surface area contributed by atoms with Crippen molar-refractivity contribution >= 4 is 11.8 Å². The summed E-state index contributed by atoms with van der Waals surface area (Å²) in [6.45, 7) is 10.0. The Morgan fingerprint density at radius 3 is 2.78 bits per heavy atom. The van der Waals surface area contributed by atoms with E-state index in [1.807, 2.05) is 30.9 Å². The molecule has 2 atom stereocenters. The van der Waals surface area contributed by atoms with E-state index in [9.17, 15) is 9.59 Å². The molecule has 0 bridgehead atoms. The minimum absolute atomic E-state index is 0.00894. The number of aromatic nitrogens is 1.